The molecule has 1 aliphatic heterocycles. The van der Waals surface area contributed by atoms with Crippen molar-refractivity contribution in [2.75, 3.05) is 13.1 Å². The Morgan fingerprint density at radius 3 is 2.67 bits per heavy atom. The summed E-state index contributed by atoms with van der Waals surface area (Å²) >= 11 is 0. The fourth-order valence-electron chi connectivity index (χ4n) is 3.06. The maximum atomic E-state index is 3.78. The topological polar surface area (TPSA) is 24.1 Å². The van der Waals surface area contributed by atoms with Gasteiger partial charge in [0.05, 0.1) is 0 Å². The van der Waals surface area contributed by atoms with E-state index in [1.54, 1.807) is 0 Å². The Balaban J connectivity index is 1.63. The second-order valence-electron chi connectivity index (χ2n) is 5.49. The van der Waals surface area contributed by atoms with Crippen LogP contribution in [0, 0.1) is 5.92 Å². The molecule has 2 heteroatoms. The van der Waals surface area contributed by atoms with E-state index in [1.807, 2.05) is 0 Å². The molecule has 0 aromatic carbocycles. The van der Waals surface area contributed by atoms with E-state index >= 15 is 0 Å². The highest BCUT2D eigenvalue weighted by molar-refractivity contribution is 4.79. The van der Waals surface area contributed by atoms with E-state index in [1.165, 1.54) is 58.0 Å². The summed E-state index contributed by atoms with van der Waals surface area (Å²) in [5.41, 5.74) is 0. The lowest BCUT2D eigenvalue weighted by molar-refractivity contribution is 0.278. The fourth-order valence-corrected chi connectivity index (χ4v) is 3.06. The summed E-state index contributed by atoms with van der Waals surface area (Å²) in [7, 11) is 0. The number of hydrogen-bond acceptors (Lipinski definition) is 2. The van der Waals surface area contributed by atoms with Gasteiger partial charge in [-0.15, -0.1) is 0 Å². The van der Waals surface area contributed by atoms with Gasteiger partial charge in [0.2, 0.25) is 0 Å². The molecule has 0 amide bonds. The van der Waals surface area contributed by atoms with Crippen LogP contribution in [0.2, 0.25) is 0 Å². The van der Waals surface area contributed by atoms with Gasteiger partial charge in [0, 0.05) is 12.1 Å². The van der Waals surface area contributed by atoms with Gasteiger partial charge < -0.3 is 10.6 Å². The Hall–Kier alpha value is -0.0800. The van der Waals surface area contributed by atoms with Gasteiger partial charge in [-0.25, -0.2) is 0 Å². The molecule has 1 aliphatic carbocycles. The van der Waals surface area contributed by atoms with Gasteiger partial charge in [0.15, 0.2) is 0 Å². The third kappa shape index (κ3) is 3.76. The quantitative estimate of drug-likeness (QED) is 0.747. The predicted molar refractivity (Wildman–Crippen MR) is 65.1 cm³/mol. The van der Waals surface area contributed by atoms with Gasteiger partial charge >= 0.3 is 0 Å². The van der Waals surface area contributed by atoms with Crippen LogP contribution < -0.4 is 10.6 Å². The highest BCUT2D eigenvalue weighted by Gasteiger charge is 2.20. The first-order valence-electron chi connectivity index (χ1n) is 6.81. The Labute approximate surface area is 94.2 Å². The normalized spacial score (nSPS) is 34.2. The molecule has 0 radical (unpaired) electrons. The second kappa shape index (κ2) is 5.86. The van der Waals surface area contributed by atoms with E-state index < -0.39 is 0 Å². The fraction of sp³-hybridized carbons (Fsp3) is 1.00. The average Bonchev–Trinajstić information content (AvgIpc) is 2.28. The van der Waals surface area contributed by atoms with Gasteiger partial charge in [-0.3, -0.25) is 0 Å². The molecule has 2 N–H and O–H groups in total. The SMILES string of the molecule is CC1CC(CNC2CCCCC2)CCN1. The van der Waals surface area contributed by atoms with Crippen LogP contribution in [0.3, 0.4) is 0 Å². The average molecular weight is 210 g/mol. The summed E-state index contributed by atoms with van der Waals surface area (Å²) in [6.45, 7) is 4.79. The summed E-state index contributed by atoms with van der Waals surface area (Å²) in [6.07, 6.45) is 9.91. The molecule has 1 saturated carbocycles. The summed E-state index contributed by atoms with van der Waals surface area (Å²) in [5.74, 6) is 0.920. The molecule has 0 spiro atoms. The molecule has 2 rings (SSSR count). The first-order chi connectivity index (χ1) is 7.34. The maximum Gasteiger partial charge on any atom is 0.00671 e. The molecule has 2 fully saturated rings. The van der Waals surface area contributed by atoms with Crippen LogP contribution in [0.5, 0.6) is 0 Å². The summed E-state index contributed by atoms with van der Waals surface area (Å²) < 4.78 is 0. The first kappa shape index (κ1) is 11.4. The highest BCUT2D eigenvalue weighted by Crippen LogP contribution is 2.19. The van der Waals surface area contributed by atoms with Crippen LogP contribution in [-0.2, 0) is 0 Å². The largest absolute Gasteiger partial charge is 0.314 e. The standard InChI is InChI=1S/C13H26N2/c1-11-9-12(7-8-14-11)10-15-13-5-3-2-4-6-13/h11-15H,2-10H2,1H3. The lowest BCUT2D eigenvalue weighted by atomic mass is 9.91. The number of nitrogens with one attached hydrogen (secondary N) is 2. The number of piperidine rings is 1. The molecule has 2 atom stereocenters. The lowest BCUT2D eigenvalue weighted by Crippen LogP contribution is -2.42. The van der Waals surface area contributed by atoms with Crippen molar-refractivity contribution in [3.63, 3.8) is 0 Å². The van der Waals surface area contributed by atoms with Crippen LogP contribution in [0.1, 0.15) is 51.9 Å². The monoisotopic (exact) mass is 210 g/mol. The van der Waals surface area contributed by atoms with Crippen LogP contribution >= 0.6 is 0 Å². The van der Waals surface area contributed by atoms with E-state index in [0.29, 0.717) is 0 Å². The second-order valence-corrected chi connectivity index (χ2v) is 5.49. The zero-order valence-corrected chi connectivity index (χ0v) is 10.1. The van der Waals surface area contributed by atoms with Crippen molar-refractivity contribution in [3.8, 4) is 0 Å². The van der Waals surface area contributed by atoms with Crippen LogP contribution in [0.25, 0.3) is 0 Å². The minimum atomic E-state index is 0.733. The minimum absolute atomic E-state index is 0.733. The van der Waals surface area contributed by atoms with E-state index in [9.17, 15) is 0 Å². The Morgan fingerprint density at radius 2 is 1.93 bits per heavy atom. The molecule has 2 unspecified atom stereocenters. The third-order valence-corrected chi connectivity index (χ3v) is 4.03. The molecule has 1 saturated heterocycles. The van der Waals surface area contributed by atoms with E-state index in [-0.39, 0.29) is 0 Å². The van der Waals surface area contributed by atoms with Crippen molar-refractivity contribution in [1.82, 2.24) is 10.6 Å². The minimum Gasteiger partial charge on any atom is -0.314 e. The van der Waals surface area contributed by atoms with Crippen LogP contribution in [-0.4, -0.2) is 25.2 Å². The number of rotatable bonds is 3. The van der Waals surface area contributed by atoms with Crippen LogP contribution in [0.15, 0.2) is 0 Å². The molecular formula is C13H26N2. The molecule has 0 aromatic rings. The van der Waals surface area contributed by atoms with E-state index in [0.717, 1.165) is 18.0 Å². The zero-order valence-electron chi connectivity index (χ0n) is 10.1. The molecule has 0 aromatic heterocycles. The first-order valence-corrected chi connectivity index (χ1v) is 6.81. The summed E-state index contributed by atoms with van der Waals surface area (Å²) in [4.78, 5) is 0. The van der Waals surface area contributed by atoms with Crippen LogP contribution in [0.4, 0.5) is 0 Å². The van der Waals surface area contributed by atoms with Gasteiger partial charge in [-0.05, 0) is 51.6 Å². The zero-order chi connectivity index (χ0) is 10.5. The van der Waals surface area contributed by atoms with Crippen molar-refractivity contribution in [3.05, 3.63) is 0 Å². The van der Waals surface area contributed by atoms with Crippen molar-refractivity contribution < 1.29 is 0 Å². The van der Waals surface area contributed by atoms with Crippen molar-refractivity contribution in [2.24, 2.45) is 5.92 Å². The smallest absolute Gasteiger partial charge is 0.00671 e. The molecule has 15 heavy (non-hydrogen) atoms. The third-order valence-electron chi connectivity index (χ3n) is 4.03. The maximum absolute atomic E-state index is 3.78. The van der Waals surface area contributed by atoms with Gasteiger partial charge in [-0.1, -0.05) is 19.3 Å². The Morgan fingerprint density at radius 1 is 1.13 bits per heavy atom. The van der Waals surface area contributed by atoms with Gasteiger partial charge in [-0.2, -0.15) is 0 Å². The highest BCUT2D eigenvalue weighted by atomic mass is 14.9. The number of hydrogen-bond donors (Lipinski definition) is 2. The van der Waals surface area contributed by atoms with Crippen molar-refractivity contribution >= 4 is 0 Å². The molecular weight excluding hydrogens is 184 g/mol. The lowest BCUT2D eigenvalue weighted by Gasteiger charge is -2.30. The summed E-state index contributed by atoms with van der Waals surface area (Å²) in [5, 5.41) is 7.31. The predicted octanol–water partition coefficient (Wildman–Crippen LogP) is 2.30. The molecule has 2 aliphatic rings. The van der Waals surface area contributed by atoms with Crippen molar-refractivity contribution in [2.45, 2.75) is 64.0 Å². The van der Waals surface area contributed by atoms with Gasteiger partial charge in [0.25, 0.3) is 0 Å². The van der Waals surface area contributed by atoms with E-state index in [4.69, 9.17) is 0 Å². The molecule has 0 bridgehead atoms. The van der Waals surface area contributed by atoms with Crippen molar-refractivity contribution in [1.29, 1.82) is 0 Å². The molecule has 88 valence electrons. The van der Waals surface area contributed by atoms with Gasteiger partial charge in [0.1, 0.15) is 0 Å². The molecule has 2 nitrogen and oxygen atoms in total. The Bertz CT molecular complexity index is 175. The van der Waals surface area contributed by atoms with E-state index in [2.05, 4.69) is 17.6 Å². The molecule has 1 heterocycles. The summed E-state index contributed by atoms with van der Waals surface area (Å²) in [6, 6.07) is 1.57. The Kier molecular flexibility index (Phi) is 4.45.